The molecule has 0 bridgehead atoms. The van der Waals surface area contributed by atoms with E-state index in [1.54, 1.807) is 0 Å². The maximum Gasteiger partial charge on any atom is 0.197 e. The third-order valence-electron chi connectivity index (χ3n) is 7.00. The van der Waals surface area contributed by atoms with Crippen LogP contribution in [0.15, 0.2) is 39.5 Å². The average Bonchev–Trinajstić information content (AvgIpc) is 3.34. The Kier molecular flexibility index (Phi) is 6.79. The lowest BCUT2D eigenvalue weighted by Crippen LogP contribution is -2.32. The van der Waals surface area contributed by atoms with Crippen molar-refractivity contribution < 1.29 is 59.8 Å². The summed E-state index contributed by atoms with van der Waals surface area (Å²) in [6.07, 6.45) is -12.5. The quantitative estimate of drug-likeness (QED) is 0.189. The summed E-state index contributed by atoms with van der Waals surface area (Å²) in [5.74, 6) is -1.79. The number of hydrogen-bond acceptors (Lipinski definition) is 13. The smallest absolute Gasteiger partial charge is 0.197 e. The Bertz CT molecular complexity index is 1400. The van der Waals surface area contributed by atoms with E-state index in [-0.39, 0.29) is 11.5 Å². The SMILES string of the molecule is O=c1cc(-c2ccc(O)cc2)oc2c([C@@H]3O[C@@H](CO)[C@H](O)[C@H]3O)c(O)c([C@@H]3O[C@H](CO)[C@H](O)[C@H]3O)c(O)c12. The molecule has 0 spiro atoms. The van der Waals surface area contributed by atoms with E-state index in [1.165, 1.54) is 24.3 Å². The number of aromatic hydroxyl groups is 3. The molecule has 2 aliphatic rings. The second-order valence-corrected chi connectivity index (χ2v) is 9.27. The maximum absolute atomic E-state index is 13.3. The molecule has 2 saturated heterocycles. The first kappa shape index (κ1) is 26.3. The molecule has 38 heavy (non-hydrogen) atoms. The maximum atomic E-state index is 13.3. The van der Waals surface area contributed by atoms with Crippen LogP contribution in [0.5, 0.6) is 17.2 Å². The van der Waals surface area contributed by atoms with Gasteiger partial charge in [-0.2, -0.15) is 0 Å². The van der Waals surface area contributed by atoms with Crippen molar-refractivity contribution in [3.05, 3.63) is 51.7 Å². The standard InChI is InChI=1S/C25H26O13/c26-6-12-17(30)21(34)24(37-12)15-19(32)14-10(29)5-11(8-1-3-9(28)4-2-8)36-23(14)16(20(15)33)25-22(35)18(31)13(7-27)38-25/h1-5,12-13,17-18,21-22,24-28,30-35H,6-7H2/t12-,13+,17+,18+,21-,22-,24+,25+/m1/s1. The van der Waals surface area contributed by atoms with Gasteiger partial charge in [-0.1, -0.05) is 0 Å². The third kappa shape index (κ3) is 4.00. The highest BCUT2D eigenvalue weighted by Gasteiger charge is 2.49. The lowest BCUT2D eigenvalue weighted by molar-refractivity contribution is -0.0261. The summed E-state index contributed by atoms with van der Waals surface area (Å²) in [5.41, 5.74) is -1.85. The molecule has 2 fully saturated rings. The van der Waals surface area contributed by atoms with Crippen molar-refractivity contribution in [2.75, 3.05) is 13.2 Å². The minimum Gasteiger partial charge on any atom is -0.508 e. The second-order valence-electron chi connectivity index (χ2n) is 9.27. The van der Waals surface area contributed by atoms with E-state index in [2.05, 4.69) is 0 Å². The Morgan fingerprint density at radius 2 is 1.24 bits per heavy atom. The first-order chi connectivity index (χ1) is 18.1. The third-order valence-corrected chi connectivity index (χ3v) is 7.00. The number of phenolic OH excluding ortho intramolecular Hbond substituents is 3. The largest absolute Gasteiger partial charge is 0.508 e. The molecule has 0 aliphatic carbocycles. The topological polar surface area (TPSA) is 231 Å². The molecule has 0 radical (unpaired) electrons. The molecule has 1 aromatic heterocycles. The van der Waals surface area contributed by atoms with Crippen LogP contribution < -0.4 is 5.43 Å². The fourth-order valence-electron chi connectivity index (χ4n) is 4.98. The molecule has 0 saturated carbocycles. The van der Waals surface area contributed by atoms with Crippen molar-refractivity contribution in [1.82, 2.24) is 0 Å². The monoisotopic (exact) mass is 534 g/mol. The predicted molar refractivity (Wildman–Crippen MR) is 126 cm³/mol. The number of hydrogen-bond donors (Lipinski definition) is 9. The summed E-state index contributed by atoms with van der Waals surface area (Å²) < 4.78 is 16.9. The molecule has 13 heteroatoms. The highest BCUT2D eigenvalue weighted by Crippen LogP contribution is 2.51. The zero-order valence-electron chi connectivity index (χ0n) is 19.6. The van der Waals surface area contributed by atoms with Crippen molar-refractivity contribution >= 4 is 11.0 Å². The molecule has 2 aromatic carbocycles. The van der Waals surface area contributed by atoms with Crippen LogP contribution in [0.2, 0.25) is 0 Å². The number of rotatable bonds is 5. The Morgan fingerprint density at radius 1 is 0.711 bits per heavy atom. The van der Waals surface area contributed by atoms with Crippen LogP contribution in [-0.2, 0) is 9.47 Å². The normalized spacial score (nSPS) is 31.3. The molecule has 13 nitrogen and oxygen atoms in total. The van der Waals surface area contributed by atoms with Gasteiger partial charge in [-0.05, 0) is 24.3 Å². The van der Waals surface area contributed by atoms with E-state index in [9.17, 15) is 50.8 Å². The fraction of sp³-hybridized carbons (Fsp3) is 0.400. The molecule has 0 unspecified atom stereocenters. The van der Waals surface area contributed by atoms with Gasteiger partial charge in [0.15, 0.2) is 11.0 Å². The van der Waals surface area contributed by atoms with Crippen molar-refractivity contribution in [3.8, 4) is 28.6 Å². The van der Waals surface area contributed by atoms with Gasteiger partial charge in [0.2, 0.25) is 0 Å². The van der Waals surface area contributed by atoms with E-state index in [0.717, 1.165) is 6.07 Å². The summed E-state index contributed by atoms with van der Waals surface area (Å²) in [5, 5.41) is 92.5. The lowest BCUT2D eigenvalue weighted by Gasteiger charge is -2.24. The van der Waals surface area contributed by atoms with Gasteiger partial charge in [-0.3, -0.25) is 4.79 Å². The molecule has 0 amide bonds. The Balaban J connectivity index is 1.80. The van der Waals surface area contributed by atoms with Crippen LogP contribution in [0.3, 0.4) is 0 Å². The molecule has 3 aromatic rings. The molecule has 8 atom stereocenters. The van der Waals surface area contributed by atoms with Crippen LogP contribution in [-0.4, -0.2) is 95.8 Å². The van der Waals surface area contributed by atoms with E-state index >= 15 is 0 Å². The lowest BCUT2D eigenvalue weighted by atomic mass is 9.91. The number of benzene rings is 2. The van der Waals surface area contributed by atoms with Crippen LogP contribution in [0, 0.1) is 0 Å². The van der Waals surface area contributed by atoms with Gasteiger partial charge in [0.1, 0.15) is 77.2 Å². The molecular formula is C25H26O13. The minimum absolute atomic E-state index is 0.0463. The summed E-state index contributed by atoms with van der Waals surface area (Å²) in [4.78, 5) is 13.3. The van der Waals surface area contributed by atoms with Gasteiger partial charge in [0.05, 0.1) is 24.3 Å². The van der Waals surface area contributed by atoms with E-state index < -0.39 is 101 Å². The molecule has 9 N–H and O–H groups in total. The molecular weight excluding hydrogens is 508 g/mol. The van der Waals surface area contributed by atoms with Gasteiger partial charge < -0.3 is 59.8 Å². The molecule has 5 rings (SSSR count). The van der Waals surface area contributed by atoms with Gasteiger partial charge in [0, 0.05) is 11.6 Å². The highest BCUT2D eigenvalue weighted by molar-refractivity contribution is 5.92. The Hall–Kier alpha value is -3.27. The molecule has 204 valence electrons. The van der Waals surface area contributed by atoms with Crippen LogP contribution in [0.25, 0.3) is 22.3 Å². The number of ether oxygens (including phenoxy) is 2. The van der Waals surface area contributed by atoms with Crippen molar-refractivity contribution in [2.24, 2.45) is 0 Å². The van der Waals surface area contributed by atoms with Gasteiger partial charge in [-0.15, -0.1) is 0 Å². The van der Waals surface area contributed by atoms with E-state index in [0.29, 0.717) is 5.56 Å². The minimum atomic E-state index is -1.75. The van der Waals surface area contributed by atoms with E-state index in [1.807, 2.05) is 0 Å². The van der Waals surface area contributed by atoms with Gasteiger partial charge in [-0.25, -0.2) is 0 Å². The predicted octanol–water partition coefficient (Wildman–Crippen LogP) is -1.12. The van der Waals surface area contributed by atoms with Gasteiger partial charge >= 0.3 is 0 Å². The zero-order chi connectivity index (χ0) is 27.5. The summed E-state index contributed by atoms with van der Waals surface area (Å²) in [6.45, 7) is -1.40. The van der Waals surface area contributed by atoms with Crippen LogP contribution >= 0.6 is 0 Å². The van der Waals surface area contributed by atoms with Crippen LogP contribution in [0.4, 0.5) is 0 Å². The van der Waals surface area contributed by atoms with Gasteiger partial charge in [0.25, 0.3) is 0 Å². The summed E-state index contributed by atoms with van der Waals surface area (Å²) >= 11 is 0. The van der Waals surface area contributed by atoms with Crippen molar-refractivity contribution in [3.63, 3.8) is 0 Å². The number of aliphatic hydroxyl groups is 6. The Morgan fingerprint density at radius 3 is 1.74 bits per heavy atom. The first-order valence-corrected chi connectivity index (χ1v) is 11.7. The zero-order valence-corrected chi connectivity index (χ0v) is 19.6. The fourth-order valence-corrected chi connectivity index (χ4v) is 4.98. The number of fused-ring (bicyclic) bond motifs is 1. The molecule has 3 heterocycles. The van der Waals surface area contributed by atoms with Crippen molar-refractivity contribution in [1.29, 1.82) is 0 Å². The Labute approximate surface area is 213 Å². The summed E-state index contributed by atoms with van der Waals surface area (Å²) in [6, 6.07) is 6.60. The summed E-state index contributed by atoms with van der Waals surface area (Å²) in [7, 11) is 0. The van der Waals surface area contributed by atoms with Crippen LogP contribution in [0.1, 0.15) is 23.3 Å². The second kappa shape index (κ2) is 9.80. The number of phenols is 3. The first-order valence-electron chi connectivity index (χ1n) is 11.7. The van der Waals surface area contributed by atoms with E-state index in [4.69, 9.17) is 13.9 Å². The van der Waals surface area contributed by atoms with Crippen molar-refractivity contribution in [2.45, 2.75) is 48.8 Å². The number of aliphatic hydroxyl groups excluding tert-OH is 6. The molecule has 2 aliphatic heterocycles. The average molecular weight is 534 g/mol. The highest BCUT2D eigenvalue weighted by atomic mass is 16.6.